The highest BCUT2D eigenvalue weighted by molar-refractivity contribution is 9.10. The van der Waals surface area contributed by atoms with Crippen molar-refractivity contribution in [1.29, 1.82) is 0 Å². The molecule has 0 aliphatic carbocycles. The van der Waals surface area contributed by atoms with Crippen molar-refractivity contribution in [2.45, 2.75) is 25.6 Å². The van der Waals surface area contributed by atoms with E-state index in [-0.39, 0.29) is 5.78 Å². The summed E-state index contributed by atoms with van der Waals surface area (Å²) in [5, 5.41) is 0. The van der Waals surface area contributed by atoms with Crippen molar-refractivity contribution in [3.63, 3.8) is 0 Å². The van der Waals surface area contributed by atoms with E-state index in [1.165, 1.54) is 0 Å². The van der Waals surface area contributed by atoms with Crippen LogP contribution in [-0.2, 0) is 19.0 Å². The number of nitrogens with zero attached hydrogens (tertiary/aromatic N) is 1. The maximum absolute atomic E-state index is 13.4. The van der Waals surface area contributed by atoms with Gasteiger partial charge in [-0.2, -0.15) is 0 Å². The molecule has 182 valence electrons. The summed E-state index contributed by atoms with van der Waals surface area (Å²) in [6.45, 7) is 5.50. The molecule has 0 radical (unpaired) electrons. The van der Waals surface area contributed by atoms with Gasteiger partial charge in [0.25, 0.3) is 0 Å². The fraction of sp³-hybridized carbons (Fsp3) is 0.423. The van der Waals surface area contributed by atoms with Gasteiger partial charge in [-0.05, 0) is 58.8 Å². The van der Waals surface area contributed by atoms with Crippen molar-refractivity contribution in [1.82, 2.24) is 0 Å². The summed E-state index contributed by atoms with van der Waals surface area (Å²) in [4.78, 5) is 15.7. The van der Waals surface area contributed by atoms with E-state index in [2.05, 4.69) is 20.8 Å². The first kappa shape index (κ1) is 24.6. The van der Waals surface area contributed by atoms with Gasteiger partial charge in [-0.15, -0.1) is 0 Å². The van der Waals surface area contributed by atoms with Crippen LogP contribution in [0, 0.1) is 0 Å². The molecule has 0 amide bonds. The maximum Gasteiger partial charge on any atom is 0.206 e. The van der Waals surface area contributed by atoms with Gasteiger partial charge in [-0.3, -0.25) is 4.79 Å². The number of carbonyl (C=O) groups is 1. The van der Waals surface area contributed by atoms with Crippen LogP contribution in [-0.4, -0.2) is 59.0 Å². The number of carbonyl (C=O) groups excluding carboxylic acids is 1. The Labute approximate surface area is 208 Å². The fourth-order valence-corrected chi connectivity index (χ4v) is 4.75. The Bertz CT molecular complexity index is 1010. The first-order valence-corrected chi connectivity index (χ1v) is 12.2. The Morgan fingerprint density at radius 2 is 1.76 bits per heavy atom. The molecule has 2 aromatic rings. The van der Waals surface area contributed by atoms with Crippen LogP contribution >= 0.6 is 15.9 Å². The van der Waals surface area contributed by atoms with Gasteiger partial charge >= 0.3 is 0 Å². The van der Waals surface area contributed by atoms with Crippen molar-refractivity contribution in [2.24, 2.45) is 0 Å². The molecular weight excluding hydrogens is 502 g/mol. The third kappa shape index (κ3) is 5.24. The van der Waals surface area contributed by atoms with E-state index in [4.69, 9.17) is 23.7 Å². The van der Waals surface area contributed by atoms with E-state index >= 15 is 0 Å². The van der Waals surface area contributed by atoms with E-state index in [0.717, 1.165) is 47.6 Å². The molecule has 2 aromatic carbocycles. The molecule has 1 saturated heterocycles. The summed E-state index contributed by atoms with van der Waals surface area (Å²) in [6, 6.07) is 11.7. The number of hydrogen-bond donors (Lipinski definition) is 0. The maximum atomic E-state index is 13.4. The van der Waals surface area contributed by atoms with Gasteiger partial charge < -0.3 is 28.6 Å². The predicted molar refractivity (Wildman–Crippen MR) is 134 cm³/mol. The summed E-state index contributed by atoms with van der Waals surface area (Å²) in [5.41, 5.74) is 2.73. The lowest BCUT2D eigenvalue weighted by atomic mass is 10.00. The van der Waals surface area contributed by atoms with Gasteiger partial charge in [0.1, 0.15) is 27.8 Å². The molecule has 34 heavy (non-hydrogen) atoms. The first-order chi connectivity index (χ1) is 16.5. The molecule has 2 unspecified atom stereocenters. The Kier molecular flexibility index (Phi) is 8.13. The summed E-state index contributed by atoms with van der Waals surface area (Å²) in [5.74, 6) is 1.78. The third-order valence-corrected chi connectivity index (χ3v) is 6.78. The number of benzene rings is 2. The van der Waals surface area contributed by atoms with E-state index in [9.17, 15) is 4.79 Å². The second kappa shape index (κ2) is 11.3. The Morgan fingerprint density at radius 1 is 1.12 bits per heavy atom. The smallest absolute Gasteiger partial charge is 0.206 e. The van der Waals surface area contributed by atoms with E-state index in [1.54, 1.807) is 14.2 Å². The van der Waals surface area contributed by atoms with Crippen LogP contribution in [0.25, 0.3) is 5.76 Å². The molecular formula is C26H30BrNO6. The van der Waals surface area contributed by atoms with Gasteiger partial charge in [0.15, 0.2) is 6.10 Å². The van der Waals surface area contributed by atoms with Gasteiger partial charge in [-0.25, -0.2) is 0 Å². The lowest BCUT2D eigenvalue weighted by Crippen LogP contribution is -2.36. The van der Waals surface area contributed by atoms with Gasteiger partial charge in [0.2, 0.25) is 5.78 Å². The molecule has 1 fully saturated rings. The van der Waals surface area contributed by atoms with Crippen LogP contribution < -0.4 is 14.4 Å². The van der Waals surface area contributed by atoms with Crippen LogP contribution in [0.1, 0.15) is 30.6 Å². The number of rotatable bonds is 9. The number of halogens is 1. The number of ether oxygens (including phenoxy) is 5. The Balaban J connectivity index is 1.48. The number of morpholine rings is 1. The minimum absolute atomic E-state index is 0.0942. The summed E-state index contributed by atoms with van der Waals surface area (Å²) >= 11 is 3.48. The normalized spacial score (nSPS) is 18.8. The molecule has 2 aliphatic heterocycles. The van der Waals surface area contributed by atoms with Crippen molar-refractivity contribution >= 4 is 33.2 Å². The van der Waals surface area contributed by atoms with Crippen molar-refractivity contribution in [3.05, 3.63) is 58.1 Å². The molecule has 0 aromatic heterocycles. The SMILES string of the molecule is CCOC(C(=O)C1CC=C(c2cc(OC)c(Br)c(OC)c2)O1)c1ccc(N2CCOCC2)cc1. The van der Waals surface area contributed by atoms with Crippen LogP contribution in [0.3, 0.4) is 0 Å². The summed E-state index contributed by atoms with van der Waals surface area (Å²) in [7, 11) is 3.19. The molecule has 0 saturated carbocycles. The van der Waals surface area contributed by atoms with E-state index in [0.29, 0.717) is 30.3 Å². The molecule has 2 aliphatic rings. The number of methoxy groups -OCH3 is 2. The average Bonchev–Trinajstić information content (AvgIpc) is 3.38. The lowest BCUT2D eigenvalue weighted by Gasteiger charge is -2.29. The molecule has 0 bridgehead atoms. The summed E-state index contributed by atoms with van der Waals surface area (Å²) < 4.78 is 29.0. The first-order valence-electron chi connectivity index (χ1n) is 11.4. The third-order valence-electron chi connectivity index (χ3n) is 6.00. The minimum atomic E-state index is -0.685. The molecule has 4 rings (SSSR count). The van der Waals surface area contributed by atoms with Crippen molar-refractivity contribution in [2.75, 3.05) is 52.0 Å². The molecule has 0 spiro atoms. The highest BCUT2D eigenvalue weighted by atomic mass is 79.9. The van der Waals surface area contributed by atoms with Crippen LogP contribution in [0.5, 0.6) is 11.5 Å². The standard InChI is InChI=1S/C26H30BrNO6/c1-4-33-26(17-5-7-19(8-6-17)28-11-13-32-14-12-28)25(29)21-10-9-20(34-21)18-15-22(30-2)24(27)23(16-18)31-3/h5-9,15-16,21,26H,4,10-14H2,1-3H3. The zero-order chi connectivity index (χ0) is 24.1. The van der Waals surface area contributed by atoms with Gasteiger partial charge in [0.05, 0.1) is 27.4 Å². The van der Waals surface area contributed by atoms with Crippen LogP contribution in [0.2, 0.25) is 0 Å². The fourth-order valence-electron chi connectivity index (χ4n) is 4.19. The number of ketones is 1. The van der Waals surface area contributed by atoms with Crippen molar-refractivity contribution < 1.29 is 28.5 Å². The number of hydrogen-bond acceptors (Lipinski definition) is 7. The highest BCUT2D eigenvalue weighted by Crippen LogP contribution is 2.40. The molecule has 2 heterocycles. The second-order valence-corrected chi connectivity index (χ2v) is 8.83. The van der Waals surface area contributed by atoms with E-state index in [1.807, 2.05) is 49.4 Å². The lowest BCUT2D eigenvalue weighted by molar-refractivity contribution is -0.138. The largest absolute Gasteiger partial charge is 0.495 e. The number of Topliss-reactive ketones (excluding diaryl/α,β-unsaturated/α-hetero) is 1. The quantitative estimate of drug-likeness (QED) is 0.461. The summed E-state index contributed by atoms with van der Waals surface area (Å²) in [6.07, 6.45) is 1.10. The average molecular weight is 532 g/mol. The predicted octanol–water partition coefficient (Wildman–Crippen LogP) is 4.78. The van der Waals surface area contributed by atoms with Crippen LogP contribution in [0.15, 0.2) is 46.9 Å². The molecule has 2 atom stereocenters. The Morgan fingerprint density at radius 3 is 2.35 bits per heavy atom. The monoisotopic (exact) mass is 531 g/mol. The molecule has 0 N–H and O–H groups in total. The van der Waals surface area contributed by atoms with E-state index < -0.39 is 12.2 Å². The van der Waals surface area contributed by atoms with Crippen LogP contribution in [0.4, 0.5) is 5.69 Å². The second-order valence-electron chi connectivity index (χ2n) is 8.03. The Hall–Kier alpha value is -2.55. The van der Waals surface area contributed by atoms with Gasteiger partial charge in [-0.1, -0.05) is 12.1 Å². The topological polar surface area (TPSA) is 66.5 Å². The van der Waals surface area contributed by atoms with Gasteiger partial charge in [0, 0.05) is 37.4 Å². The van der Waals surface area contributed by atoms with Crippen molar-refractivity contribution in [3.8, 4) is 11.5 Å². The number of anilines is 1. The molecule has 7 nitrogen and oxygen atoms in total. The molecule has 8 heteroatoms. The zero-order valence-electron chi connectivity index (χ0n) is 19.7. The highest BCUT2D eigenvalue weighted by Gasteiger charge is 2.34. The minimum Gasteiger partial charge on any atom is -0.495 e. The zero-order valence-corrected chi connectivity index (χ0v) is 21.3.